The lowest BCUT2D eigenvalue weighted by Gasteiger charge is -2.09. The summed E-state index contributed by atoms with van der Waals surface area (Å²) in [5.41, 5.74) is 5.72. The van der Waals surface area contributed by atoms with Crippen LogP contribution in [0.25, 0.3) is 11.3 Å². The molecule has 0 radical (unpaired) electrons. The van der Waals surface area contributed by atoms with Crippen molar-refractivity contribution in [3.63, 3.8) is 0 Å². The van der Waals surface area contributed by atoms with Gasteiger partial charge < -0.3 is 5.32 Å². The van der Waals surface area contributed by atoms with Crippen molar-refractivity contribution >= 4 is 0 Å². The van der Waals surface area contributed by atoms with Crippen LogP contribution in [0.15, 0.2) is 6.20 Å². The first-order valence-electron chi connectivity index (χ1n) is 7.75. The van der Waals surface area contributed by atoms with Crippen molar-refractivity contribution < 1.29 is 0 Å². The van der Waals surface area contributed by atoms with Crippen LogP contribution in [0.1, 0.15) is 50.2 Å². The van der Waals surface area contributed by atoms with Gasteiger partial charge in [0.15, 0.2) is 0 Å². The zero-order valence-electron chi connectivity index (χ0n) is 14.1. The minimum Gasteiger partial charge on any atom is -0.313 e. The molecular weight excluding hydrogens is 262 g/mol. The zero-order valence-corrected chi connectivity index (χ0v) is 14.1. The number of aromatic nitrogens is 4. The molecule has 2 rings (SSSR count). The van der Waals surface area contributed by atoms with E-state index in [2.05, 4.69) is 61.0 Å². The fourth-order valence-corrected chi connectivity index (χ4v) is 2.79. The van der Waals surface area contributed by atoms with Gasteiger partial charge in [-0.2, -0.15) is 10.2 Å². The van der Waals surface area contributed by atoms with Gasteiger partial charge in [0, 0.05) is 42.7 Å². The van der Waals surface area contributed by atoms with Crippen LogP contribution in [-0.4, -0.2) is 26.1 Å². The third-order valence-corrected chi connectivity index (χ3v) is 3.70. The van der Waals surface area contributed by atoms with Crippen molar-refractivity contribution in [2.24, 2.45) is 7.05 Å². The maximum absolute atomic E-state index is 4.68. The molecular formula is C16H27N5. The number of nitrogens with zero attached hydrogens (tertiary/aromatic N) is 4. The summed E-state index contributed by atoms with van der Waals surface area (Å²) in [6.45, 7) is 12.6. The Morgan fingerprint density at radius 2 is 1.95 bits per heavy atom. The Labute approximate surface area is 127 Å². The third-order valence-electron chi connectivity index (χ3n) is 3.70. The molecule has 0 aromatic carbocycles. The average Bonchev–Trinajstić information content (AvgIpc) is 2.90. The number of aryl methyl sites for hydroxylation is 2. The molecule has 0 fully saturated rings. The summed E-state index contributed by atoms with van der Waals surface area (Å²) in [6, 6.07) is 0.364. The van der Waals surface area contributed by atoms with E-state index in [-0.39, 0.29) is 0 Å². The molecule has 5 nitrogen and oxygen atoms in total. The second-order valence-corrected chi connectivity index (χ2v) is 5.94. The molecule has 2 aromatic heterocycles. The van der Waals surface area contributed by atoms with E-state index in [0.717, 1.165) is 30.9 Å². The van der Waals surface area contributed by atoms with Crippen LogP contribution in [0, 0.1) is 13.8 Å². The highest BCUT2D eigenvalue weighted by Gasteiger charge is 2.20. The number of hydrogen-bond donors (Lipinski definition) is 1. The normalized spacial score (nSPS) is 11.6. The molecule has 0 saturated heterocycles. The van der Waals surface area contributed by atoms with E-state index in [1.54, 1.807) is 0 Å². The Balaban J connectivity index is 2.42. The Morgan fingerprint density at radius 1 is 1.24 bits per heavy atom. The summed E-state index contributed by atoms with van der Waals surface area (Å²) in [7, 11) is 1.98. The monoisotopic (exact) mass is 289 g/mol. The SMILES string of the molecule is CCCNCc1cn(C)nc1-c1c(C)nn(C(C)C)c1C. The predicted octanol–water partition coefficient (Wildman–Crippen LogP) is 2.98. The maximum Gasteiger partial charge on any atom is 0.100 e. The minimum atomic E-state index is 0.364. The molecule has 0 saturated carbocycles. The van der Waals surface area contributed by atoms with Crippen LogP contribution in [0.4, 0.5) is 0 Å². The summed E-state index contributed by atoms with van der Waals surface area (Å²) in [5, 5.41) is 12.8. The molecule has 0 atom stereocenters. The van der Waals surface area contributed by atoms with E-state index in [0.29, 0.717) is 6.04 Å². The number of nitrogens with one attached hydrogen (secondary N) is 1. The highest BCUT2D eigenvalue weighted by molar-refractivity contribution is 5.67. The topological polar surface area (TPSA) is 47.7 Å². The molecule has 1 N–H and O–H groups in total. The van der Waals surface area contributed by atoms with Crippen LogP contribution >= 0.6 is 0 Å². The lowest BCUT2D eigenvalue weighted by Crippen LogP contribution is -2.14. The second kappa shape index (κ2) is 6.43. The quantitative estimate of drug-likeness (QED) is 0.832. The minimum absolute atomic E-state index is 0.364. The summed E-state index contributed by atoms with van der Waals surface area (Å²) in [4.78, 5) is 0. The Bertz CT molecular complexity index is 606. The molecule has 0 bridgehead atoms. The molecule has 0 amide bonds. The summed E-state index contributed by atoms with van der Waals surface area (Å²) < 4.78 is 3.98. The molecule has 0 aliphatic heterocycles. The molecule has 5 heteroatoms. The van der Waals surface area contributed by atoms with Gasteiger partial charge in [-0.15, -0.1) is 0 Å². The molecule has 2 heterocycles. The highest BCUT2D eigenvalue weighted by Crippen LogP contribution is 2.29. The molecule has 116 valence electrons. The number of rotatable bonds is 6. The first kappa shape index (κ1) is 15.8. The standard InChI is InChI=1S/C16H27N5/c1-7-8-17-9-14-10-20(6)19-16(14)15-12(4)18-21(11(2)3)13(15)5/h10-11,17H,7-9H2,1-6H3. The third kappa shape index (κ3) is 3.18. The average molecular weight is 289 g/mol. The predicted molar refractivity (Wildman–Crippen MR) is 86.3 cm³/mol. The molecule has 2 aromatic rings. The van der Waals surface area contributed by atoms with Crippen LogP contribution in [0.2, 0.25) is 0 Å². The van der Waals surface area contributed by atoms with E-state index in [1.807, 2.05) is 11.7 Å². The van der Waals surface area contributed by atoms with Crippen LogP contribution in [-0.2, 0) is 13.6 Å². The van der Waals surface area contributed by atoms with Crippen molar-refractivity contribution in [3.8, 4) is 11.3 Å². The van der Waals surface area contributed by atoms with Crippen LogP contribution in [0.3, 0.4) is 0 Å². The Hall–Kier alpha value is -1.62. The molecule has 0 aliphatic rings. The van der Waals surface area contributed by atoms with Gasteiger partial charge in [0.1, 0.15) is 5.69 Å². The first-order valence-corrected chi connectivity index (χ1v) is 7.75. The van der Waals surface area contributed by atoms with Gasteiger partial charge in [0.2, 0.25) is 0 Å². The van der Waals surface area contributed by atoms with E-state index in [1.165, 1.54) is 16.8 Å². The van der Waals surface area contributed by atoms with E-state index in [9.17, 15) is 0 Å². The molecule has 21 heavy (non-hydrogen) atoms. The zero-order chi connectivity index (χ0) is 15.6. The first-order chi connectivity index (χ1) is 9.95. The van der Waals surface area contributed by atoms with Crippen molar-refractivity contribution in [2.45, 2.75) is 53.6 Å². The van der Waals surface area contributed by atoms with Crippen LogP contribution < -0.4 is 5.32 Å². The Kier molecular flexibility index (Phi) is 4.83. The fraction of sp³-hybridized carbons (Fsp3) is 0.625. The molecule has 0 aliphatic carbocycles. The van der Waals surface area contributed by atoms with Gasteiger partial charge in [0.05, 0.1) is 5.69 Å². The summed E-state index contributed by atoms with van der Waals surface area (Å²) in [5.74, 6) is 0. The van der Waals surface area contributed by atoms with Crippen molar-refractivity contribution in [2.75, 3.05) is 6.54 Å². The largest absolute Gasteiger partial charge is 0.313 e. The smallest absolute Gasteiger partial charge is 0.100 e. The molecule has 0 spiro atoms. The van der Waals surface area contributed by atoms with Gasteiger partial charge in [-0.1, -0.05) is 6.92 Å². The van der Waals surface area contributed by atoms with Crippen molar-refractivity contribution in [1.29, 1.82) is 0 Å². The summed E-state index contributed by atoms with van der Waals surface area (Å²) in [6.07, 6.45) is 3.24. The van der Waals surface area contributed by atoms with Crippen molar-refractivity contribution in [3.05, 3.63) is 23.1 Å². The highest BCUT2D eigenvalue weighted by atomic mass is 15.3. The lowest BCUT2D eigenvalue weighted by atomic mass is 10.1. The van der Waals surface area contributed by atoms with Gasteiger partial charge in [-0.3, -0.25) is 9.36 Å². The second-order valence-electron chi connectivity index (χ2n) is 5.94. The molecule has 0 unspecified atom stereocenters. The number of hydrogen-bond acceptors (Lipinski definition) is 3. The van der Waals surface area contributed by atoms with Gasteiger partial charge in [0.25, 0.3) is 0 Å². The van der Waals surface area contributed by atoms with E-state index < -0.39 is 0 Å². The van der Waals surface area contributed by atoms with Gasteiger partial charge in [-0.25, -0.2) is 0 Å². The van der Waals surface area contributed by atoms with E-state index >= 15 is 0 Å². The van der Waals surface area contributed by atoms with Crippen molar-refractivity contribution in [1.82, 2.24) is 24.9 Å². The lowest BCUT2D eigenvalue weighted by molar-refractivity contribution is 0.516. The van der Waals surface area contributed by atoms with Gasteiger partial charge in [-0.05, 0) is 40.7 Å². The Morgan fingerprint density at radius 3 is 2.52 bits per heavy atom. The maximum atomic E-state index is 4.68. The van der Waals surface area contributed by atoms with E-state index in [4.69, 9.17) is 0 Å². The fourth-order valence-electron chi connectivity index (χ4n) is 2.79. The van der Waals surface area contributed by atoms with Gasteiger partial charge >= 0.3 is 0 Å². The van der Waals surface area contributed by atoms with Crippen LogP contribution in [0.5, 0.6) is 0 Å². The summed E-state index contributed by atoms with van der Waals surface area (Å²) >= 11 is 0.